The summed E-state index contributed by atoms with van der Waals surface area (Å²) >= 11 is 0. The van der Waals surface area contributed by atoms with Crippen LogP contribution in [0.15, 0.2) is 47.0 Å². The fourth-order valence-electron chi connectivity index (χ4n) is 5.00. The molecular formula is C23H19NO7S. The van der Waals surface area contributed by atoms with Crippen LogP contribution < -0.4 is 0 Å². The van der Waals surface area contributed by atoms with Crippen LogP contribution >= 0.6 is 0 Å². The van der Waals surface area contributed by atoms with Crippen molar-refractivity contribution < 1.29 is 33.0 Å². The Hall–Kier alpha value is -3.30. The number of aliphatic hydroxyl groups is 1. The van der Waals surface area contributed by atoms with E-state index in [0.29, 0.717) is 33.4 Å². The Balaban J connectivity index is 1.64. The highest BCUT2D eigenvalue weighted by atomic mass is 32.2. The third-order valence-corrected chi connectivity index (χ3v) is 7.61. The average molecular weight is 453 g/mol. The molecule has 0 aromatic heterocycles. The molecule has 1 fully saturated rings. The number of sulfone groups is 1. The lowest BCUT2D eigenvalue weighted by atomic mass is 9.82. The maximum atomic E-state index is 12.8. The first kappa shape index (κ1) is 20.6. The quantitative estimate of drug-likeness (QED) is 0.575. The minimum absolute atomic E-state index is 0.0862. The van der Waals surface area contributed by atoms with Crippen molar-refractivity contribution >= 4 is 33.1 Å². The van der Waals surface area contributed by atoms with Gasteiger partial charge in [0.2, 0.25) is 5.91 Å². The predicted octanol–water partition coefficient (Wildman–Crippen LogP) is 1.71. The number of rotatable bonds is 4. The van der Waals surface area contributed by atoms with Gasteiger partial charge in [-0.1, -0.05) is 6.07 Å². The fraction of sp³-hybridized carbons (Fsp3) is 0.261. The largest absolute Gasteiger partial charge is 0.477 e. The summed E-state index contributed by atoms with van der Waals surface area (Å²) < 4.78 is 24.0. The lowest BCUT2D eigenvalue weighted by molar-refractivity contribution is -0.161. The molecule has 5 rings (SSSR count). The van der Waals surface area contributed by atoms with Gasteiger partial charge in [0.1, 0.15) is 5.70 Å². The number of aliphatic hydroxyl groups excluding tert-OH is 1. The number of carboxylic acid groups (broad SMARTS) is 1. The number of carbonyl (C=O) groups is 3. The number of aliphatic carboxylic acids is 1. The van der Waals surface area contributed by atoms with Gasteiger partial charge in [0.15, 0.2) is 15.6 Å². The molecule has 0 saturated carbocycles. The van der Waals surface area contributed by atoms with Crippen molar-refractivity contribution in [1.82, 2.24) is 4.90 Å². The smallest absolute Gasteiger partial charge is 0.352 e. The first-order valence-corrected chi connectivity index (χ1v) is 11.9. The Kier molecular flexibility index (Phi) is 4.25. The summed E-state index contributed by atoms with van der Waals surface area (Å²) in [6.07, 6.45) is 0.467. The summed E-state index contributed by atoms with van der Waals surface area (Å²) in [4.78, 5) is 38.6. The molecule has 2 aliphatic heterocycles. The molecule has 3 atom stereocenters. The van der Waals surface area contributed by atoms with E-state index in [9.17, 15) is 33.0 Å². The van der Waals surface area contributed by atoms with Crippen molar-refractivity contribution in [1.29, 1.82) is 0 Å². The second-order valence-electron chi connectivity index (χ2n) is 8.45. The molecule has 0 bridgehead atoms. The van der Waals surface area contributed by atoms with Gasteiger partial charge < -0.3 is 15.1 Å². The van der Waals surface area contributed by atoms with Gasteiger partial charge in [0.05, 0.1) is 23.0 Å². The van der Waals surface area contributed by atoms with E-state index in [-0.39, 0.29) is 22.8 Å². The van der Waals surface area contributed by atoms with E-state index < -0.39 is 39.8 Å². The molecule has 1 amide bonds. The third kappa shape index (κ3) is 2.71. The average Bonchev–Trinajstić information content (AvgIpc) is 3.20. The number of ketones is 1. The molecule has 2 N–H and O–H groups in total. The van der Waals surface area contributed by atoms with Crippen molar-refractivity contribution in [2.45, 2.75) is 30.4 Å². The van der Waals surface area contributed by atoms with Crippen LogP contribution in [0.3, 0.4) is 0 Å². The number of β-lactam (4-membered cyclic amide) rings is 1. The molecule has 1 saturated heterocycles. The molecule has 2 heterocycles. The normalized spacial score (nSPS) is 22.4. The first-order valence-electron chi connectivity index (χ1n) is 10.0. The molecule has 2 aromatic carbocycles. The highest BCUT2D eigenvalue weighted by Gasteiger charge is 2.56. The Morgan fingerprint density at radius 3 is 2.28 bits per heavy atom. The van der Waals surface area contributed by atoms with Crippen molar-refractivity contribution in [2.75, 3.05) is 6.26 Å². The topological polar surface area (TPSA) is 129 Å². The summed E-state index contributed by atoms with van der Waals surface area (Å²) in [5.41, 5.74) is 2.67. The highest BCUT2D eigenvalue weighted by Crippen LogP contribution is 2.48. The van der Waals surface area contributed by atoms with Gasteiger partial charge in [-0.15, -0.1) is 0 Å². The summed E-state index contributed by atoms with van der Waals surface area (Å²) in [7, 11) is -3.48. The number of carbonyl (C=O) groups excluding carboxylic acids is 2. The highest BCUT2D eigenvalue weighted by molar-refractivity contribution is 7.90. The lowest BCUT2D eigenvalue weighted by Crippen LogP contribution is -2.61. The van der Waals surface area contributed by atoms with Crippen LogP contribution in [-0.4, -0.2) is 59.6 Å². The number of fused-ring (bicyclic) bond motifs is 4. The number of hydrogen-bond acceptors (Lipinski definition) is 6. The summed E-state index contributed by atoms with van der Waals surface area (Å²) in [5, 5.41) is 19.7. The monoisotopic (exact) mass is 453 g/mol. The number of amides is 1. The molecule has 1 aliphatic carbocycles. The molecule has 0 unspecified atom stereocenters. The SMILES string of the molecule is C[C@@H](O)[C@H]1C(=O)N2C(C(=O)O)=C(c3ccc4c(c3)-c3cc(S(C)(=O)=O)ccc3C4=O)C[C@H]12. The first-order chi connectivity index (χ1) is 15.0. The maximum Gasteiger partial charge on any atom is 0.352 e. The third-order valence-electron chi connectivity index (χ3n) is 6.50. The molecule has 8 nitrogen and oxygen atoms in total. The molecule has 164 valence electrons. The van der Waals surface area contributed by atoms with Gasteiger partial charge in [0.25, 0.3) is 0 Å². The summed E-state index contributed by atoms with van der Waals surface area (Å²) in [5.74, 6) is -2.54. The van der Waals surface area contributed by atoms with Crippen molar-refractivity contribution in [3.05, 3.63) is 58.8 Å². The van der Waals surface area contributed by atoms with Crippen LogP contribution in [0.25, 0.3) is 16.7 Å². The van der Waals surface area contributed by atoms with E-state index in [0.717, 1.165) is 6.26 Å². The number of carboxylic acids is 1. The van der Waals surface area contributed by atoms with E-state index in [1.165, 1.54) is 30.0 Å². The molecule has 0 radical (unpaired) electrons. The van der Waals surface area contributed by atoms with E-state index in [1.807, 2.05) is 0 Å². The van der Waals surface area contributed by atoms with Gasteiger partial charge in [-0.25, -0.2) is 13.2 Å². The number of benzene rings is 2. The molecular weight excluding hydrogens is 434 g/mol. The van der Waals surface area contributed by atoms with Crippen molar-refractivity contribution in [2.24, 2.45) is 5.92 Å². The van der Waals surface area contributed by atoms with Crippen LogP contribution in [-0.2, 0) is 19.4 Å². The van der Waals surface area contributed by atoms with Crippen LogP contribution in [0.1, 0.15) is 34.8 Å². The molecule has 32 heavy (non-hydrogen) atoms. The predicted molar refractivity (Wildman–Crippen MR) is 113 cm³/mol. The maximum absolute atomic E-state index is 12.8. The van der Waals surface area contributed by atoms with Gasteiger partial charge >= 0.3 is 5.97 Å². The van der Waals surface area contributed by atoms with Gasteiger partial charge in [-0.2, -0.15) is 0 Å². The zero-order valence-electron chi connectivity index (χ0n) is 17.2. The van der Waals surface area contributed by atoms with Crippen LogP contribution in [0.2, 0.25) is 0 Å². The standard InChI is InChI=1S/C23H19NO7S/c1-10(25)19-18-9-15(20(23(28)29)24(18)22(19)27)11-3-5-13-16(7-11)17-8-12(32(2,30)31)4-6-14(17)21(13)26/h3-8,10,18-19,25H,9H2,1-2H3,(H,28,29)/t10-,18-,19-/m1/s1. The summed E-state index contributed by atoms with van der Waals surface area (Å²) in [6, 6.07) is 8.84. The van der Waals surface area contributed by atoms with Gasteiger partial charge in [-0.05, 0) is 65.9 Å². The molecule has 3 aliphatic rings. The minimum Gasteiger partial charge on any atom is -0.477 e. The van der Waals surface area contributed by atoms with E-state index in [1.54, 1.807) is 18.2 Å². The molecule has 0 spiro atoms. The van der Waals surface area contributed by atoms with E-state index in [2.05, 4.69) is 0 Å². The second kappa shape index (κ2) is 6.60. The second-order valence-corrected chi connectivity index (χ2v) is 10.5. The van der Waals surface area contributed by atoms with E-state index in [4.69, 9.17) is 0 Å². The zero-order valence-corrected chi connectivity index (χ0v) is 18.0. The van der Waals surface area contributed by atoms with Gasteiger partial charge in [0, 0.05) is 17.4 Å². The Morgan fingerprint density at radius 1 is 1.06 bits per heavy atom. The Bertz CT molecular complexity index is 1390. The van der Waals surface area contributed by atoms with Crippen LogP contribution in [0.5, 0.6) is 0 Å². The van der Waals surface area contributed by atoms with Crippen molar-refractivity contribution in [3.8, 4) is 11.1 Å². The molecule has 2 aromatic rings. The van der Waals surface area contributed by atoms with Crippen LogP contribution in [0.4, 0.5) is 0 Å². The zero-order chi connectivity index (χ0) is 23.1. The lowest BCUT2D eigenvalue weighted by Gasteiger charge is -2.44. The number of nitrogens with zero attached hydrogens (tertiary/aromatic N) is 1. The molecule has 9 heteroatoms. The van der Waals surface area contributed by atoms with Gasteiger partial charge in [-0.3, -0.25) is 9.59 Å². The summed E-state index contributed by atoms with van der Waals surface area (Å²) in [6.45, 7) is 1.51. The Labute approximate surface area is 183 Å². The number of hydrogen-bond donors (Lipinski definition) is 2. The minimum atomic E-state index is -3.48. The van der Waals surface area contributed by atoms with E-state index >= 15 is 0 Å². The van der Waals surface area contributed by atoms with Crippen LogP contribution in [0, 0.1) is 5.92 Å². The Morgan fingerprint density at radius 2 is 1.69 bits per heavy atom. The van der Waals surface area contributed by atoms with Crippen molar-refractivity contribution in [3.63, 3.8) is 0 Å². The fourth-order valence-corrected chi connectivity index (χ4v) is 5.65.